The number of benzene rings is 2. The summed E-state index contributed by atoms with van der Waals surface area (Å²) >= 11 is 0. The van der Waals surface area contributed by atoms with Crippen LogP contribution in [-0.4, -0.2) is 32.4 Å². The van der Waals surface area contributed by atoms with E-state index < -0.39 is 11.9 Å². The SMILES string of the molecule is CC(=O)O.CCCC(O)(O)O.N.c1ccc(-c2ccccc2)cc1. The first-order valence-corrected chi connectivity index (χ1v) is 7.23. The minimum Gasteiger partial charge on any atom is -0.481 e. The number of aliphatic carboxylic acids is 1. The highest BCUT2D eigenvalue weighted by Gasteiger charge is 2.14. The Kier molecular flexibility index (Phi) is 13.2. The molecule has 0 spiro atoms. The summed E-state index contributed by atoms with van der Waals surface area (Å²) in [6.45, 7) is 2.83. The van der Waals surface area contributed by atoms with Crippen LogP contribution in [0.15, 0.2) is 60.7 Å². The predicted octanol–water partition coefficient (Wildman–Crippen LogP) is 3.02. The molecule has 0 aliphatic heterocycles. The fraction of sp³-hybridized carbons (Fsp3) is 0.278. The number of carboxylic acids is 1. The summed E-state index contributed by atoms with van der Waals surface area (Å²) in [6, 6.07) is 20.8. The Labute approximate surface area is 142 Å². The second-order valence-corrected chi connectivity index (χ2v) is 4.78. The molecule has 0 aliphatic rings. The summed E-state index contributed by atoms with van der Waals surface area (Å²) in [5, 5.41) is 31.8. The van der Waals surface area contributed by atoms with Crippen LogP contribution in [0.3, 0.4) is 0 Å². The third-order valence-corrected chi connectivity index (χ3v) is 2.47. The highest BCUT2D eigenvalue weighted by molar-refractivity contribution is 5.63. The van der Waals surface area contributed by atoms with Gasteiger partial charge in [0, 0.05) is 13.3 Å². The molecule has 0 saturated heterocycles. The van der Waals surface area contributed by atoms with E-state index in [1.54, 1.807) is 6.92 Å². The van der Waals surface area contributed by atoms with Crippen molar-refractivity contribution in [2.45, 2.75) is 32.7 Å². The van der Waals surface area contributed by atoms with E-state index in [0.29, 0.717) is 6.42 Å². The largest absolute Gasteiger partial charge is 0.481 e. The number of hydrogen-bond acceptors (Lipinski definition) is 5. The van der Waals surface area contributed by atoms with Crippen molar-refractivity contribution in [1.82, 2.24) is 6.15 Å². The first-order chi connectivity index (χ1) is 10.8. The van der Waals surface area contributed by atoms with E-state index in [-0.39, 0.29) is 12.6 Å². The third kappa shape index (κ3) is 14.7. The van der Waals surface area contributed by atoms with Gasteiger partial charge in [0.1, 0.15) is 0 Å². The monoisotopic (exact) mass is 337 g/mol. The smallest absolute Gasteiger partial charge is 0.300 e. The fourth-order valence-electron chi connectivity index (χ4n) is 1.60. The van der Waals surface area contributed by atoms with Gasteiger partial charge < -0.3 is 26.6 Å². The number of hydrogen-bond donors (Lipinski definition) is 5. The van der Waals surface area contributed by atoms with Gasteiger partial charge in [0.05, 0.1) is 0 Å². The summed E-state index contributed by atoms with van der Waals surface area (Å²) in [5.74, 6) is -3.28. The Morgan fingerprint density at radius 2 is 1.17 bits per heavy atom. The molecular weight excluding hydrogens is 310 g/mol. The average Bonchev–Trinajstić information content (AvgIpc) is 2.48. The van der Waals surface area contributed by atoms with Crippen molar-refractivity contribution >= 4 is 5.97 Å². The molecule has 2 aromatic rings. The minimum atomic E-state index is -2.45. The molecule has 2 aromatic carbocycles. The maximum Gasteiger partial charge on any atom is 0.300 e. The van der Waals surface area contributed by atoms with Gasteiger partial charge >= 0.3 is 0 Å². The molecule has 134 valence electrons. The summed E-state index contributed by atoms with van der Waals surface area (Å²) < 4.78 is 0. The highest BCUT2D eigenvalue weighted by atomic mass is 16.7. The van der Waals surface area contributed by atoms with Crippen LogP contribution in [0.5, 0.6) is 0 Å². The van der Waals surface area contributed by atoms with Crippen LogP contribution in [0, 0.1) is 0 Å². The Morgan fingerprint density at radius 1 is 0.875 bits per heavy atom. The Bertz CT molecular complexity index is 497. The van der Waals surface area contributed by atoms with Gasteiger partial charge in [0.25, 0.3) is 11.9 Å². The van der Waals surface area contributed by atoms with Crippen molar-refractivity contribution in [3.05, 3.63) is 60.7 Å². The topological polar surface area (TPSA) is 133 Å². The standard InChI is InChI=1S/C12H10.C4H10O3.C2H4O2.H3N/c1-3-7-11(8-4-1)12-9-5-2-6-10-12;1-2-3-4(5,6)7;1-2(3)4;/h1-10H;5-7H,2-3H2,1H3;1H3,(H,3,4);1H3. The molecule has 6 nitrogen and oxygen atoms in total. The Hall–Kier alpha value is -2.25. The molecule has 0 radical (unpaired) electrons. The lowest BCUT2D eigenvalue weighted by Gasteiger charge is -2.10. The molecule has 0 amide bonds. The van der Waals surface area contributed by atoms with E-state index in [4.69, 9.17) is 25.2 Å². The van der Waals surface area contributed by atoms with Crippen LogP contribution in [-0.2, 0) is 4.79 Å². The molecule has 7 N–H and O–H groups in total. The number of carboxylic acid groups (broad SMARTS) is 1. The zero-order valence-electron chi connectivity index (χ0n) is 14.1. The molecule has 0 bridgehead atoms. The van der Waals surface area contributed by atoms with E-state index in [2.05, 4.69) is 48.5 Å². The van der Waals surface area contributed by atoms with Crippen LogP contribution in [0.4, 0.5) is 0 Å². The van der Waals surface area contributed by atoms with Gasteiger partial charge in [-0.1, -0.05) is 67.6 Å². The molecule has 0 aliphatic carbocycles. The van der Waals surface area contributed by atoms with E-state index >= 15 is 0 Å². The average molecular weight is 337 g/mol. The lowest BCUT2D eigenvalue weighted by atomic mass is 10.1. The maximum absolute atomic E-state index is 9.00. The van der Waals surface area contributed by atoms with Crippen LogP contribution < -0.4 is 6.15 Å². The quantitative estimate of drug-likeness (QED) is 0.547. The summed E-state index contributed by atoms with van der Waals surface area (Å²) in [6.07, 6.45) is 0.566. The van der Waals surface area contributed by atoms with Gasteiger partial charge in [0.15, 0.2) is 0 Å². The second kappa shape index (κ2) is 13.2. The van der Waals surface area contributed by atoms with Crippen molar-refractivity contribution < 1.29 is 25.2 Å². The number of rotatable bonds is 3. The summed E-state index contributed by atoms with van der Waals surface area (Å²) in [4.78, 5) is 9.00. The van der Waals surface area contributed by atoms with E-state index in [9.17, 15) is 0 Å². The Morgan fingerprint density at radius 3 is 1.33 bits per heavy atom. The minimum absolute atomic E-state index is 0. The number of aliphatic hydroxyl groups is 3. The van der Waals surface area contributed by atoms with Gasteiger partial charge in [-0.05, 0) is 17.5 Å². The van der Waals surface area contributed by atoms with E-state index in [1.165, 1.54) is 11.1 Å². The van der Waals surface area contributed by atoms with Crippen LogP contribution in [0.25, 0.3) is 11.1 Å². The molecular formula is C18H27NO5. The van der Waals surface area contributed by atoms with Gasteiger partial charge in [-0.3, -0.25) is 4.79 Å². The summed E-state index contributed by atoms with van der Waals surface area (Å²) in [7, 11) is 0. The van der Waals surface area contributed by atoms with Gasteiger partial charge in [-0.2, -0.15) is 0 Å². The number of carbonyl (C=O) groups is 1. The highest BCUT2D eigenvalue weighted by Crippen LogP contribution is 2.17. The lowest BCUT2D eigenvalue weighted by molar-refractivity contribution is -0.314. The first-order valence-electron chi connectivity index (χ1n) is 7.23. The predicted molar refractivity (Wildman–Crippen MR) is 94.5 cm³/mol. The van der Waals surface area contributed by atoms with E-state index in [1.807, 2.05) is 12.1 Å². The lowest BCUT2D eigenvalue weighted by Crippen LogP contribution is -2.26. The van der Waals surface area contributed by atoms with Gasteiger partial charge in [0.2, 0.25) is 0 Å². The molecule has 2 rings (SSSR count). The molecule has 0 saturated carbocycles. The molecule has 0 unspecified atom stereocenters. The maximum atomic E-state index is 9.00. The summed E-state index contributed by atoms with van der Waals surface area (Å²) in [5.41, 5.74) is 2.55. The zero-order chi connectivity index (χ0) is 17.7. The Balaban J connectivity index is 0. The van der Waals surface area contributed by atoms with Crippen molar-refractivity contribution in [3.8, 4) is 11.1 Å². The van der Waals surface area contributed by atoms with Crippen LogP contribution in [0.1, 0.15) is 26.7 Å². The molecule has 0 aromatic heterocycles. The van der Waals surface area contributed by atoms with Crippen molar-refractivity contribution in [2.24, 2.45) is 0 Å². The molecule has 0 fully saturated rings. The van der Waals surface area contributed by atoms with E-state index in [0.717, 1.165) is 6.92 Å². The van der Waals surface area contributed by atoms with Crippen molar-refractivity contribution in [3.63, 3.8) is 0 Å². The molecule has 24 heavy (non-hydrogen) atoms. The normalized spacial score (nSPS) is 9.38. The third-order valence-electron chi connectivity index (χ3n) is 2.47. The van der Waals surface area contributed by atoms with Crippen molar-refractivity contribution in [1.29, 1.82) is 0 Å². The molecule has 6 heteroatoms. The fourth-order valence-corrected chi connectivity index (χ4v) is 1.60. The van der Waals surface area contributed by atoms with Crippen LogP contribution in [0.2, 0.25) is 0 Å². The van der Waals surface area contributed by atoms with Gasteiger partial charge in [-0.25, -0.2) is 0 Å². The molecule has 0 heterocycles. The van der Waals surface area contributed by atoms with Crippen LogP contribution >= 0.6 is 0 Å². The van der Waals surface area contributed by atoms with Gasteiger partial charge in [-0.15, -0.1) is 0 Å². The molecule has 0 atom stereocenters. The first kappa shape index (κ1) is 24.0. The second-order valence-electron chi connectivity index (χ2n) is 4.78. The van der Waals surface area contributed by atoms with Crippen molar-refractivity contribution in [2.75, 3.05) is 0 Å². The zero-order valence-corrected chi connectivity index (χ0v) is 14.1.